The van der Waals surface area contributed by atoms with E-state index in [9.17, 15) is 9.18 Å². The van der Waals surface area contributed by atoms with Gasteiger partial charge in [-0.1, -0.05) is 6.07 Å². The van der Waals surface area contributed by atoms with E-state index in [-0.39, 0.29) is 12.3 Å². The molecule has 0 bridgehead atoms. The number of aryl methyl sites for hydroxylation is 1. The molecular formula is C10H10FN5O. The minimum absolute atomic E-state index is 0.0417. The first-order chi connectivity index (χ1) is 8.15. The molecule has 1 heterocycles. The van der Waals surface area contributed by atoms with E-state index in [1.807, 2.05) is 0 Å². The van der Waals surface area contributed by atoms with E-state index in [0.29, 0.717) is 11.5 Å². The second-order valence-corrected chi connectivity index (χ2v) is 3.45. The minimum atomic E-state index is -0.400. The lowest BCUT2D eigenvalue weighted by Crippen LogP contribution is -2.17. The third-order valence-corrected chi connectivity index (χ3v) is 2.13. The fourth-order valence-corrected chi connectivity index (χ4v) is 1.31. The third-order valence-electron chi connectivity index (χ3n) is 2.13. The number of tetrazole rings is 1. The molecule has 0 aliphatic rings. The maximum atomic E-state index is 12.9. The molecule has 0 radical (unpaired) electrons. The summed E-state index contributed by atoms with van der Waals surface area (Å²) in [6.45, 7) is 0. The molecule has 1 amide bonds. The second kappa shape index (κ2) is 4.69. The molecule has 0 saturated heterocycles. The van der Waals surface area contributed by atoms with Gasteiger partial charge in [-0.15, -0.1) is 5.10 Å². The average Bonchev–Trinajstić information content (AvgIpc) is 2.64. The second-order valence-electron chi connectivity index (χ2n) is 3.45. The molecule has 0 fully saturated rings. The molecule has 2 rings (SSSR count). The summed E-state index contributed by atoms with van der Waals surface area (Å²) in [6.07, 6.45) is 0.0417. The van der Waals surface area contributed by atoms with Crippen molar-refractivity contribution in [2.45, 2.75) is 6.42 Å². The lowest BCUT2D eigenvalue weighted by Gasteiger charge is -2.04. The average molecular weight is 235 g/mol. The number of nitrogens with zero attached hydrogens (tertiary/aromatic N) is 4. The molecule has 0 aliphatic heterocycles. The van der Waals surface area contributed by atoms with Gasteiger partial charge in [-0.2, -0.15) is 0 Å². The van der Waals surface area contributed by atoms with Crippen LogP contribution < -0.4 is 5.32 Å². The quantitative estimate of drug-likeness (QED) is 0.842. The van der Waals surface area contributed by atoms with Crippen molar-refractivity contribution < 1.29 is 9.18 Å². The summed E-state index contributed by atoms with van der Waals surface area (Å²) in [7, 11) is 1.64. The van der Waals surface area contributed by atoms with Crippen molar-refractivity contribution in [2.24, 2.45) is 7.05 Å². The van der Waals surface area contributed by atoms with Gasteiger partial charge in [0.05, 0.1) is 6.42 Å². The lowest BCUT2D eigenvalue weighted by atomic mass is 10.3. The highest BCUT2D eigenvalue weighted by molar-refractivity contribution is 5.91. The van der Waals surface area contributed by atoms with Crippen molar-refractivity contribution in [2.75, 3.05) is 5.32 Å². The highest BCUT2D eigenvalue weighted by Crippen LogP contribution is 2.09. The molecule has 1 aromatic heterocycles. The van der Waals surface area contributed by atoms with Crippen LogP contribution in [0.5, 0.6) is 0 Å². The first-order valence-electron chi connectivity index (χ1n) is 4.92. The van der Waals surface area contributed by atoms with Gasteiger partial charge in [0.25, 0.3) is 0 Å². The van der Waals surface area contributed by atoms with Crippen LogP contribution in [0.2, 0.25) is 0 Å². The Morgan fingerprint density at radius 3 is 3.00 bits per heavy atom. The fourth-order valence-electron chi connectivity index (χ4n) is 1.31. The van der Waals surface area contributed by atoms with Crippen molar-refractivity contribution in [3.8, 4) is 0 Å². The van der Waals surface area contributed by atoms with Crippen LogP contribution in [0.25, 0.3) is 0 Å². The Morgan fingerprint density at radius 2 is 2.35 bits per heavy atom. The van der Waals surface area contributed by atoms with Gasteiger partial charge >= 0.3 is 0 Å². The zero-order valence-electron chi connectivity index (χ0n) is 9.09. The maximum Gasteiger partial charge on any atom is 0.232 e. The topological polar surface area (TPSA) is 72.7 Å². The molecule has 2 aromatic rings. The zero-order valence-corrected chi connectivity index (χ0v) is 9.09. The number of aromatic nitrogens is 4. The Bertz CT molecular complexity index is 539. The predicted molar refractivity (Wildman–Crippen MR) is 57.5 cm³/mol. The highest BCUT2D eigenvalue weighted by Gasteiger charge is 2.09. The molecule has 0 atom stereocenters. The number of halogens is 1. The summed E-state index contributed by atoms with van der Waals surface area (Å²) in [5, 5.41) is 13.3. The summed E-state index contributed by atoms with van der Waals surface area (Å²) in [4.78, 5) is 11.6. The molecule has 0 saturated carbocycles. The van der Waals surface area contributed by atoms with Crippen LogP contribution in [0.15, 0.2) is 24.3 Å². The SMILES string of the molecule is Cn1nnnc1CC(=O)Nc1cccc(F)c1. The van der Waals surface area contributed by atoms with E-state index in [1.165, 1.54) is 22.9 Å². The Hall–Kier alpha value is -2.31. The normalized spacial score (nSPS) is 10.2. The number of carbonyl (C=O) groups excluding carboxylic acids is 1. The van der Waals surface area contributed by atoms with Gasteiger partial charge in [0, 0.05) is 12.7 Å². The van der Waals surface area contributed by atoms with Gasteiger partial charge in [0.15, 0.2) is 5.82 Å². The molecule has 6 nitrogen and oxygen atoms in total. The summed E-state index contributed by atoms with van der Waals surface area (Å²) in [5.41, 5.74) is 0.408. The summed E-state index contributed by atoms with van der Waals surface area (Å²) >= 11 is 0. The molecule has 0 unspecified atom stereocenters. The van der Waals surface area contributed by atoms with Gasteiger partial charge in [-0.25, -0.2) is 9.07 Å². The van der Waals surface area contributed by atoms with Crippen molar-refractivity contribution in [1.82, 2.24) is 20.2 Å². The van der Waals surface area contributed by atoms with Gasteiger partial charge in [-0.05, 0) is 28.6 Å². The van der Waals surface area contributed by atoms with Crippen LogP contribution in [0.3, 0.4) is 0 Å². The number of nitrogens with one attached hydrogen (secondary N) is 1. The smallest absolute Gasteiger partial charge is 0.232 e. The molecule has 1 N–H and O–H groups in total. The molecule has 7 heteroatoms. The van der Waals surface area contributed by atoms with E-state index in [4.69, 9.17) is 0 Å². The molecule has 88 valence electrons. The summed E-state index contributed by atoms with van der Waals surface area (Å²) in [6, 6.07) is 5.68. The van der Waals surface area contributed by atoms with Crippen molar-refractivity contribution in [3.63, 3.8) is 0 Å². The van der Waals surface area contributed by atoms with Crippen molar-refractivity contribution in [1.29, 1.82) is 0 Å². The zero-order chi connectivity index (χ0) is 12.3. The van der Waals surface area contributed by atoms with E-state index in [2.05, 4.69) is 20.8 Å². The molecular weight excluding hydrogens is 225 g/mol. The summed E-state index contributed by atoms with van der Waals surface area (Å²) < 4.78 is 14.3. The van der Waals surface area contributed by atoms with E-state index in [0.717, 1.165) is 0 Å². The number of benzene rings is 1. The number of amides is 1. The Kier molecular flexibility index (Phi) is 3.08. The number of hydrogen-bond donors (Lipinski definition) is 1. The van der Waals surface area contributed by atoms with Crippen LogP contribution in [0.1, 0.15) is 5.82 Å². The molecule has 17 heavy (non-hydrogen) atoms. The van der Waals surface area contributed by atoms with Gasteiger partial charge in [0.1, 0.15) is 5.82 Å². The largest absolute Gasteiger partial charge is 0.326 e. The van der Waals surface area contributed by atoms with Crippen molar-refractivity contribution >= 4 is 11.6 Å². The van der Waals surface area contributed by atoms with E-state index >= 15 is 0 Å². The Morgan fingerprint density at radius 1 is 1.53 bits per heavy atom. The number of carbonyl (C=O) groups is 1. The van der Waals surface area contributed by atoms with Crippen LogP contribution in [-0.2, 0) is 18.3 Å². The van der Waals surface area contributed by atoms with Crippen LogP contribution in [0, 0.1) is 5.82 Å². The number of anilines is 1. The Balaban J connectivity index is 2.01. The summed E-state index contributed by atoms with van der Waals surface area (Å²) in [5.74, 6) is -0.254. The maximum absolute atomic E-state index is 12.9. The van der Waals surface area contributed by atoms with Gasteiger partial charge < -0.3 is 5.32 Å². The first kappa shape index (κ1) is 11.2. The van der Waals surface area contributed by atoms with E-state index in [1.54, 1.807) is 13.1 Å². The third kappa shape index (κ3) is 2.83. The van der Waals surface area contributed by atoms with Crippen LogP contribution in [-0.4, -0.2) is 26.1 Å². The van der Waals surface area contributed by atoms with E-state index < -0.39 is 5.82 Å². The molecule has 0 spiro atoms. The molecule has 0 aliphatic carbocycles. The minimum Gasteiger partial charge on any atom is -0.326 e. The van der Waals surface area contributed by atoms with Crippen molar-refractivity contribution in [3.05, 3.63) is 35.9 Å². The van der Waals surface area contributed by atoms with Gasteiger partial charge in [0.2, 0.25) is 5.91 Å². The monoisotopic (exact) mass is 235 g/mol. The number of rotatable bonds is 3. The highest BCUT2D eigenvalue weighted by atomic mass is 19.1. The van der Waals surface area contributed by atoms with Crippen LogP contribution in [0.4, 0.5) is 10.1 Å². The van der Waals surface area contributed by atoms with Gasteiger partial charge in [-0.3, -0.25) is 4.79 Å². The lowest BCUT2D eigenvalue weighted by molar-refractivity contribution is -0.115. The Labute approximate surface area is 96.4 Å². The van der Waals surface area contributed by atoms with Crippen LogP contribution >= 0.6 is 0 Å². The first-order valence-corrected chi connectivity index (χ1v) is 4.92. The predicted octanol–water partition coefficient (Wildman–Crippen LogP) is 0.530. The number of hydrogen-bond acceptors (Lipinski definition) is 4. The standard InChI is InChI=1S/C10H10FN5O/c1-16-9(13-14-15-16)6-10(17)12-8-4-2-3-7(11)5-8/h2-5H,6H2,1H3,(H,12,17). The molecule has 1 aromatic carbocycles. The fraction of sp³-hybridized carbons (Fsp3) is 0.200.